The van der Waals surface area contributed by atoms with Crippen LogP contribution in [0, 0.1) is 35.5 Å². The fourth-order valence-electron chi connectivity index (χ4n) is 8.60. The van der Waals surface area contributed by atoms with Crippen LogP contribution >= 0.6 is 0 Å². The van der Waals surface area contributed by atoms with Crippen LogP contribution in [-0.2, 0) is 0 Å². The summed E-state index contributed by atoms with van der Waals surface area (Å²) >= 11 is 0. The maximum absolute atomic E-state index is 2.69. The molecule has 4 unspecified atom stereocenters. The molecule has 7 aliphatic carbocycles. The monoisotopic (exact) mass is 274 g/mol. The Morgan fingerprint density at radius 2 is 0.900 bits per heavy atom. The Kier molecular flexibility index (Phi) is 2.15. The zero-order chi connectivity index (χ0) is 13.9. The van der Waals surface area contributed by atoms with Crippen LogP contribution in [0.2, 0.25) is 0 Å². The molecule has 0 aromatic carbocycles. The molecule has 0 aromatic rings. The first kappa shape index (κ1) is 12.5. The Bertz CT molecular complexity index is 388. The lowest BCUT2D eigenvalue weighted by Gasteiger charge is -2.80. The van der Waals surface area contributed by atoms with Crippen LogP contribution in [0.3, 0.4) is 0 Å². The van der Waals surface area contributed by atoms with Gasteiger partial charge in [0, 0.05) is 11.1 Å². The average Bonchev–Trinajstić information content (AvgIpc) is 2.43. The summed E-state index contributed by atoms with van der Waals surface area (Å²) in [5.74, 6) is 6.11. The van der Waals surface area contributed by atoms with E-state index >= 15 is 0 Å². The summed E-state index contributed by atoms with van der Waals surface area (Å²) in [4.78, 5) is 5.38. The first-order valence-corrected chi connectivity index (χ1v) is 8.85. The molecule has 2 nitrogen and oxygen atoms in total. The van der Waals surface area contributed by atoms with Crippen molar-refractivity contribution in [3.05, 3.63) is 0 Å². The van der Waals surface area contributed by atoms with Gasteiger partial charge in [0.2, 0.25) is 0 Å². The second-order valence-electron chi connectivity index (χ2n) is 9.28. The molecule has 0 radical (unpaired) electrons. The van der Waals surface area contributed by atoms with Crippen LogP contribution in [-0.4, -0.2) is 49.1 Å². The van der Waals surface area contributed by atoms with Crippen molar-refractivity contribution in [3.8, 4) is 0 Å². The molecule has 20 heavy (non-hydrogen) atoms. The second-order valence-corrected chi connectivity index (χ2v) is 9.28. The molecule has 0 amide bonds. The highest BCUT2D eigenvalue weighted by Gasteiger charge is 2.76. The highest BCUT2D eigenvalue weighted by molar-refractivity contribution is 5.29. The van der Waals surface area contributed by atoms with Gasteiger partial charge in [-0.05, 0) is 102 Å². The Labute approximate surface area is 123 Å². The highest BCUT2D eigenvalue weighted by atomic mass is 15.2. The third-order valence-electron chi connectivity index (χ3n) is 8.79. The van der Waals surface area contributed by atoms with Gasteiger partial charge in [0.05, 0.1) is 0 Å². The van der Waals surface area contributed by atoms with Crippen molar-refractivity contribution < 1.29 is 0 Å². The lowest BCUT2D eigenvalue weighted by molar-refractivity contribution is -0.292. The number of nitrogens with zero attached hydrogens (tertiary/aromatic N) is 2. The quantitative estimate of drug-likeness (QED) is 0.764. The maximum Gasteiger partial charge on any atom is 0.0269 e. The normalized spacial score (nSPS) is 62.1. The molecule has 0 aliphatic heterocycles. The molecule has 7 fully saturated rings. The molecule has 7 saturated carbocycles. The van der Waals surface area contributed by atoms with Gasteiger partial charge in [-0.2, -0.15) is 0 Å². The van der Waals surface area contributed by atoms with E-state index in [2.05, 4.69) is 38.0 Å². The summed E-state index contributed by atoms with van der Waals surface area (Å²) in [6.45, 7) is 0. The van der Waals surface area contributed by atoms with Crippen molar-refractivity contribution in [2.75, 3.05) is 28.2 Å². The van der Waals surface area contributed by atoms with Gasteiger partial charge in [0.1, 0.15) is 0 Å². The average molecular weight is 274 g/mol. The second kappa shape index (κ2) is 3.46. The van der Waals surface area contributed by atoms with E-state index in [-0.39, 0.29) is 0 Å². The summed E-state index contributed by atoms with van der Waals surface area (Å²) in [6, 6.07) is 0. The van der Waals surface area contributed by atoms with Gasteiger partial charge in [-0.15, -0.1) is 0 Å². The van der Waals surface area contributed by atoms with Crippen molar-refractivity contribution in [1.82, 2.24) is 9.80 Å². The van der Waals surface area contributed by atoms with Crippen LogP contribution in [0.25, 0.3) is 0 Å². The third-order valence-corrected chi connectivity index (χ3v) is 8.79. The number of rotatable bonds is 2. The molecule has 8 bridgehead atoms. The smallest absolute Gasteiger partial charge is 0.0269 e. The zero-order valence-corrected chi connectivity index (χ0v) is 13.6. The predicted octanol–water partition coefficient (Wildman–Crippen LogP) is 2.69. The van der Waals surface area contributed by atoms with Crippen LogP contribution < -0.4 is 0 Å². The molecular formula is C18H30N2. The molecule has 0 aromatic heterocycles. The van der Waals surface area contributed by atoms with E-state index in [4.69, 9.17) is 0 Å². The van der Waals surface area contributed by atoms with Gasteiger partial charge in [0.25, 0.3) is 0 Å². The van der Waals surface area contributed by atoms with Gasteiger partial charge >= 0.3 is 0 Å². The van der Waals surface area contributed by atoms with Crippen molar-refractivity contribution in [2.24, 2.45) is 35.5 Å². The van der Waals surface area contributed by atoms with Crippen molar-refractivity contribution in [2.45, 2.75) is 49.6 Å². The Hall–Kier alpha value is -0.0800. The van der Waals surface area contributed by atoms with Crippen LogP contribution in [0.5, 0.6) is 0 Å². The van der Waals surface area contributed by atoms with E-state index in [0.29, 0.717) is 11.1 Å². The van der Waals surface area contributed by atoms with E-state index in [1.165, 1.54) is 12.8 Å². The third kappa shape index (κ3) is 1.05. The van der Waals surface area contributed by atoms with Gasteiger partial charge < -0.3 is 9.80 Å². The van der Waals surface area contributed by atoms with Gasteiger partial charge in [0.15, 0.2) is 0 Å². The lowest BCUT2D eigenvalue weighted by atomic mass is 9.30. The number of hydrogen-bond acceptors (Lipinski definition) is 2. The molecule has 0 spiro atoms. The highest BCUT2D eigenvalue weighted by Crippen LogP contribution is 2.75. The fourth-order valence-corrected chi connectivity index (χ4v) is 8.60. The van der Waals surface area contributed by atoms with Gasteiger partial charge in [-0.3, -0.25) is 0 Å². The molecule has 0 saturated heterocycles. The minimum Gasteiger partial charge on any atom is -0.303 e. The van der Waals surface area contributed by atoms with E-state index in [1.54, 1.807) is 25.7 Å². The molecule has 2 heteroatoms. The van der Waals surface area contributed by atoms with Crippen LogP contribution in [0.15, 0.2) is 0 Å². The van der Waals surface area contributed by atoms with Crippen molar-refractivity contribution in [1.29, 1.82) is 0 Å². The minimum atomic E-state index is 0.590. The van der Waals surface area contributed by atoms with Crippen LogP contribution in [0.1, 0.15) is 38.5 Å². The summed E-state index contributed by atoms with van der Waals surface area (Å²) in [5, 5.41) is 0. The summed E-state index contributed by atoms with van der Waals surface area (Å²) in [6.07, 6.45) is 9.25. The Morgan fingerprint density at radius 3 is 1.15 bits per heavy atom. The van der Waals surface area contributed by atoms with E-state index in [1.807, 2.05) is 0 Å². The van der Waals surface area contributed by atoms with Gasteiger partial charge in [-0.25, -0.2) is 0 Å². The van der Waals surface area contributed by atoms with Crippen molar-refractivity contribution >= 4 is 0 Å². The first-order valence-electron chi connectivity index (χ1n) is 8.85. The molecule has 4 atom stereocenters. The molecule has 7 aliphatic rings. The largest absolute Gasteiger partial charge is 0.303 e. The fraction of sp³-hybridized carbons (Fsp3) is 1.00. The summed E-state index contributed by atoms with van der Waals surface area (Å²) in [5.41, 5.74) is 1.18. The SMILES string of the molecule is CN(C)C12CC3CC4C1CC1CC2C(C3)C4(N(C)C)C1. The topological polar surface area (TPSA) is 6.48 Å². The van der Waals surface area contributed by atoms with Crippen LogP contribution in [0.4, 0.5) is 0 Å². The van der Waals surface area contributed by atoms with Gasteiger partial charge in [-0.1, -0.05) is 0 Å². The molecule has 112 valence electrons. The lowest BCUT2D eigenvalue weighted by Crippen LogP contribution is -2.83. The first-order chi connectivity index (χ1) is 9.50. The Morgan fingerprint density at radius 1 is 0.600 bits per heavy atom. The van der Waals surface area contributed by atoms with Crippen molar-refractivity contribution in [3.63, 3.8) is 0 Å². The predicted molar refractivity (Wildman–Crippen MR) is 81.5 cm³/mol. The Balaban J connectivity index is 1.72. The molecule has 7 rings (SSSR count). The zero-order valence-electron chi connectivity index (χ0n) is 13.6. The van der Waals surface area contributed by atoms with E-state index in [9.17, 15) is 0 Å². The summed E-state index contributed by atoms with van der Waals surface area (Å²) < 4.78 is 0. The standard InChI is InChI=1S/C18H30N2/c1-19(2)17-9-11-7-15-13(17)5-12-6-14(17)16(8-11)18(15,10-12)20(3)4/h11-16H,5-10H2,1-4H3. The maximum atomic E-state index is 2.69. The summed E-state index contributed by atoms with van der Waals surface area (Å²) in [7, 11) is 9.58. The molecule has 0 heterocycles. The molecular weight excluding hydrogens is 244 g/mol. The minimum absolute atomic E-state index is 0.590. The van der Waals surface area contributed by atoms with E-state index in [0.717, 1.165) is 35.5 Å². The number of hydrogen-bond donors (Lipinski definition) is 0. The molecule has 0 N–H and O–H groups in total. The van der Waals surface area contributed by atoms with E-state index < -0.39 is 0 Å².